The van der Waals surface area contributed by atoms with Gasteiger partial charge in [0.25, 0.3) is 0 Å². The van der Waals surface area contributed by atoms with Crippen molar-refractivity contribution in [3.05, 3.63) is 78.1 Å². The molecule has 1 saturated heterocycles. The number of aliphatic hydroxyl groups is 1. The van der Waals surface area contributed by atoms with E-state index in [1.807, 2.05) is 6.07 Å². The van der Waals surface area contributed by atoms with Gasteiger partial charge in [-0.1, -0.05) is 67.4 Å². The third kappa shape index (κ3) is 6.78. The SMILES string of the molecule is C[C@@H](Nc1ncnc2[nH]c(-c3ccc(CN4CCN(CCCCCCO)CC4)cc3)cc12)c1ccccc1. The van der Waals surface area contributed by atoms with Crippen molar-refractivity contribution in [2.24, 2.45) is 0 Å². The van der Waals surface area contributed by atoms with Gasteiger partial charge < -0.3 is 20.3 Å². The molecule has 5 rings (SSSR count). The van der Waals surface area contributed by atoms with Gasteiger partial charge in [0.1, 0.15) is 17.8 Å². The van der Waals surface area contributed by atoms with Crippen LogP contribution in [0.15, 0.2) is 67.0 Å². The molecule has 0 bridgehead atoms. The minimum absolute atomic E-state index is 0.144. The molecule has 0 spiro atoms. The third-order valence-electron chi connectivity index (χ3n) is 7.60. The van der Waals surface area contributed by atoms with Crippen LogP contribution < -0.4 is 5.32 Å². The van der Waals surface area contributed by atoms with Crippen molar-refractivity contribution in [1.29, 1.82) is 0 Å². The first-order valence-electron chi connectivity index (χ1n) is 14.0. The molecule has 200 valence electrons. The van der Waals surface area contributed by atoms with Gasteiger partial charge in [0.2, 0.25) is 0 Å². The molecule has 38 heavy (non-hydrogen) atoms. The van der Waals surface area contributed by atoms with Gasteiger partial charge in [0.05, 0.1) is 5.39 Å². The molecule has 3 heterocycles. The maximum absolute atomic E-state index is 8.91. The highest BCUT2D eigenvalue weighted by Crippen LogP contribution is 2.29. The standard InChI is InChI=1S/C31H40N6O/c1-24(26-9-5-4-6-10-26)34-30-28-21-29(35-31(28)33-23-32-30)27-13-11-25(12-14-27)22-37-18-16-36(17-19-37)15-7-2-3-8-20-38/h4-6,9-14,21,23-24,38H,2-3,7-8,15-20,22H2,1H3,(H2,32,33,34,35)/t24-/m1/s1. The molecule has 0 amide bonds. The maximum Gasteiger partial charge on any atom is 0.143 e. The van der Waals surface area contributed by atoms with E-state index in [-0.39, 0.29) is 6.04 Å². The van der Waals surface area contributed by atoms with Crippen LogP contribution in [-0.2, 0) is 6.54 Å². The summed E-state index contributed by atoms with van der Waals surface area (Å²) in [7, 11) is 0. The molecule has 0 saturated carbocycles. The first kappa shape index (κ1) is 26.4. The average molecular weight is 513 g/mol. The molecule has 2 aromatic carbocycles. The van der Waals surface area contributed by atoms with Crippen molar-refractivity contribution >= 4 is 16.9 Å². The van der Waals surface area contributed by atoms with Gasteiger partial charge in [0, 0.05) is 51.1 Å². The van der Waals surface area contributed by atoms with Crippen LogP contribution >= 0.6 is 0 Å². The van der Waals surface area contributed by atoms with E-state index in [0.717, 1.165) is 73.7 Å². The number of nitrogens with one attached hydrogen (secondary N) is 2. The molecule has 1 aliphatic heterocycles. The Kier molecular flexibility index (Phi) is 9.02. The van der Waals surface area contributed by atoms with Crippen LogP contribution in [0.2, 0.25) is 0 Å². The number of aromatic nitrogens is 3. The number of fused-ring (bicyclic) bond motifs is 1. The van der Waals surface area contributed by atoms with Crippen molar-refractivity contribution in [1.82, 2.24) is 24.8 Å². The van der Waals surface area contributed by atoms with E-state index in [4.69, 9.17) is 5.11 Å². The van der Waals surface area contributed by atoms with Crippen molar-refractivity contribution in [2.75, 3.05) is 44.6 Å². The molecular formula is C31H40N6O. The van der Waals surface area contributed by atoms with Crippen LogP contribution in [0.1, 0.15) is 49.8 Å². The quantitative estimate of drug-likeness (QED) is 0.219. The predicted molar refractivity (Wildman–Crippen MR) is 155 cm³/mol. The van der Waals surface area contributed by atoms with Crippen molar-refractivity contribution in [2.45, 2.75) is 45.2 Å². The predicted octanol–water partition coefficient (Wildman–Crippen LogP) is 5.47. The summed E-state index contributed by atoms with van der Waals surface area (Å²) in [6.45, 7) is 9.19. The van der Waals surface area contributed by atoms with Gasteiger partial charge >= 0.3 is 0 Å². The number of nitrogens with zero attached hydrogens (tertiary/aromatic N) is 4. The van der Waals surface area contributed by atoms with Crippen LogP contribution in [0.4, 0.5) is 5.82 Å². The molecule has 1 atom stereocenters. The van der Waals surface area contributed by atoms with Gasteiger partial charge in [-0.15, -0.1) is 0 Å². The lowest BCUT2D eigenvalue weighted by Crippen LogP contribution is -2.46. The topological polar surface area (TPSA) is 80.3 Å². The average Bonchev–Trinajstić information content (AvgIpc) is 3.40. The zero-order valence-corrected chi connectivity index (χ0v) is 22.4. The van der Waals surface area contributed by atoms with Gasteiger partial charge in [-0.25, -0.2) is 9.97 Å². The lowest BCUT2D eigenvalue weighted by Gasteiger charge is -2.34. The Balaban J connectivity index is 1.16. The summed E-state index contributed by atoms with van der Waals surface area (Å²) in [5.41, 5.74) is 5.62. The number of aliphatic hydroxyl groups excluding tert-OH is 1. The number of rotatable bonds is 12. The van der Waals surface area contributed by atoms with E-state index < -0.39 is 0 Å². The van der Waals surface area contributed by atoms with Crippen LogP contribution in [0.3, 0.4) is 0 Å². The summed E-state index contributed by atoms with van der Waals surface area (Å²) < 4.78 is 0. The summed E-state index contributed by atoms with van der Waals surface area (Å²) >= 11 is 0. The molecule has 7 heteroatoms. The Bertz CT molecular complexity index is 1260. The monoisotopic (exact) mass is 512 g/mol. The Morgan fingerprint density at radius 1 is 0.895 bits per heavy atom. The highest BCUT2D eigenvalue weighted by molar-refractivity contribution is 5.91. The lowest BCUT2D eigenvalue weighted by atomic mass is 10.1. The smallest absolute Gasteiger partial charge is 0.143 e. The molecule has 1 fully saturated rings. The highest BCUT2D eigenvalue weighted by atomic mass is 16.2. The summed E-state index contributed by atoms with van der Waals surface area (Å²) in [6.07, 6.45) is 6.16. The molecule has 0 unspecified atom stereocenters. The summed E-state index contributed by atoms with van der Waals surface area (Å²) in [4.78, 5) is 17.6. The van der Waals surface area contributed by atoms with Gasteiger partial charge in [-0.05, 0) is 49.1 Å². The Morgan fingerprint density at radius 3 is 2.39 bits per heavy atom. The molecule has 0 aliphatic carbocycles. The third-order valence-corrected chi connectivity index (χ3v) is 7.60. The second kappa shape index (κ2) is 13.0. The maximum atomic E-state index is 8.91. The molecule has 4 aromatic rings. The van der Waals surface area contributed by atoms with E-state index in [9.17, 15) is 0 Å². The van der Waals surface area contributed by atoms with E-state index in [1.54, 1.807) is 6.33 Å². The van der Waals surface area contributed by atoms with Gasteiger partial charge in [-0.3, -0.25) is 4.90 Å². The van der Waals surface area contributed by atoms with Crippen molar-refractivity contribution in [3.8, 4) is 11.3 Å². The minimum Gasteiger partial charge on any atom is -0.396 e. The number of H-pyrrole nitrogens is 1. The second-order valence-corrected chi connectivity index (χ2v) is 10.4. The van der Waals surface area contributed by atoms with Crippen LogP contribution in [0.5, 0.6) is 0 Å². The van der Waals surface area contributed by atoms with Crippen molar-refractivity contribution < 1.29 is 5.11 Å². The number of anilines is 1. The van der Waals surface area contributed by atoms with Gasteiger partial charge in [-0.2, -0.15) is 0 Å². The van der Waals surface area contributed by atoms with Crippen LogP contribution in [0.25, 0.3) is 22.3 Å². The summed E-state index contributed by atoms with van der Waals surface area (Å²) in [6, 6.07) is 21.6. The number of hydrogen-bond donors (Lipinski definition) is 3. The van der Waals surface area contributed by atoms with Crippen LogP contribution in [0, 0.1) is 0 Å². The van der Waals surface area contributed by atoms with Crippen LogP contribution in [-0.4, -0.2) is 69.2 Å². The molecule has 0 radical (unpaired) electrons. The summed E-state index contributed by atoms with van der Waals surface area (Å²) in [5, 5.41) is 13.5. The Morgan fingerprint density at radius 2 is 1.63 bits per heavy atom. The zero-order valence-electron chi connectivity index (χ0n) is 22.4. The number of hydrogen-bond acceptors (Lipinski definition) is 6. The van der Waals surface area contributed by atoms with Crippen molar-refractivity contribution in [3.63, 3.8) is 0 Å². The number of piperazine rings is 1. The molecule has 7 nitrogen and oxygen atoms in total. The number of aromatic amines is 1. The fourth-order valence-electron chi connectivity index (χ4n) is 5.26. The second-order valence-electron chi connectivity index (χ2n) is 10.4. The molecule has 2 aromatic heterocycles. The molecular weight excluding hydrogens is 472 g/mol. The Labute approximate surface area is 225 Å². The summed E-state index contributed by atoms with van der Waals surface area (Å²) in [5.74, 6) is 0.842. The van der Waals surface area contributed by atoms with E-state index in [1.165, 1.54) is 30.5 Å². The first-order chi connectivity index (χ1) is 18.7. The number of benzene rings is 2. The largest absolute Gasteiger partial charge is 0.396 e. The first-order valence-corrected chi connectivity index (χ1v) is 14.0. The van der Waals surface area contributed by atoms with E-state index in [2.05, 4.69) is 91.6 Å². The fourth-order valence-corrected chi connectivity index (χ4v) is 5.26. The normalized spacial score (nSPS) is 15.6. The Hall–Kier alpha value is -3.26. The van der Waals surface area contributed by atoms with Gasteiger partial charge in [0.15, 0.2) is 0 Å². The molecule has 1 aliphatic rings. The molecule has 3 N–H and O–H groups in total. The highest BCUT2D eigenvalue weighted by Gasteiger charge is 2.17. The minimum atomic E-state index is 0.144. The number of unbranched alkanes of at least 4 members (excludes halogenated alkanes) is 3. The van der Waals surface area contributed by atoms with E-state index in [0.29, 0.717) is 6.61 Å². The zero-order chi connectivity index (χ0) is 26.2. The van der Waals surface area contributed by atoms with E-state index >= 15 is 0 Å². The fraction of sp³-hybridized carbons (Fsp3) is 0.419. The lowest BCUT2D eigenvalue weighted by molar-refractivity contribution is 0.125.